The summed E-state index contributed by atoms with van der Waals surface area (Å²) in [7, 11) is 0. The number of carbonyl (C=O) groups is 1. The molecule has 3 nitrogen and oxygen atoms in total. The summed E-state index contributed by atoms with van der Waals surface area (Å²) < 4.78 is 19.2. The number of hydrogen-bond donors (Lipinski definition) is 1. The van der Waals surface area contributed by atoms with Gasteiger partial charge in [0.2, 0.25) is 0 Å². The van der Waals surface area contributed by atoms with Gasteiger partial charge in [-0.1, -0.05) is 23.8 Å². The fraction of sp³-hybridized carbons (Fsp3) is 0.235. The third-order valence-electron chi connectivity index (χ3n) is 3.36. The Labute approximate surface area is 123 Å². The van der Waals surface area contributed by atoms with Crippen LogP contribution in [0.5, 0.6) is 0 Å². The van der Waals surface area contributed by atoms with E-state index in [1.807, 2.05) is 32.0 Å². The van der Waals surface area contributed by atoms with Crippen LogP contribution in [0.25, 0.3) is 0 Å². The van der Waals surface area contributed by atoms with Crippen molar-refractivity contribution in [1.29, 1.82) is 0 Å². The first kappa shape index (κ1) is 15.0. The highest BCUT2D eigenvalue weighted by atomic mass is 19.1. The molecule has 0 radical (unpaired) electrons. The van der Waals surface area contributed by atoms with Crippen LogP contribution in [0.4, 0.5) is 10.1 Å². The molecule has 0 amide bonds. The molecule has 2 aromatic rings. The Hall–Kier alpha value is -2.36. The lowest BCUT2D eigenvalue weighted by molar-refractivity contribution is 0.0466. The van der Waals surface area contributed by atoms with Crippen molar-refractivity contribution in [3.8, 4) is 0 Å². The Kier molecular flexibility index (Phi) is 4.26. The van der Waals surface area contributed by atoms with Crippen molar-refractivity contribution in [1.82, 2.24) is 0 Å². The van der Waals surface area contributed by atoms with Crippen LogP contribution in [0.15, 0.2) is 30.3 Å². The Morgan fingerprint density at radius 3 is 2.57 bits per heavy atom. The smallest absolute Gasteiger partial charge is 0.341 e. The molecule has 0 spiro atoms. The van der Waals surface area contributed by atoms with E-state index in [-0.39, 0.29) is 12.2 Å². The lowest BCUT2D eigenvalue weighted by Gasteiger charge is -2.10. The van der Waals surface area contributed by atoms with E-state index in [9.17, 15) is 9.18 Å². The lowest BCUT2D eigenvalue weighted by Crippen LogP contribution is -2.10. The van der Waals surface area contributed by atoms with E-state index in [1.165, 1.54) is 12.1 Å². The van der Waals surface area contributed by atoms with E-state index in [4.69, 9.17) is 10.5 Å². The Morgan fingerprint density at radius 2 is 1.86 bits per heavy atom. The summed E-state index contributed by atoms with van der Waals surface area (Å²) in [5.41, 5.74) is 9.20. The predicted octanol–water partition coefficient (Wildman–Crippen LogP) is 3.69. The number of ether oxygens (including phenoxy) is 1. The Bertz CT molecular complexity index is 695. The number of halogens is 1. The van der Waals surface area contributed by atoms with Crippen LogP contribution in [-0.4, -0.2) is 5.97 Å². The molecule has 0 heterocycles. The summed E-state index contributed by atoms with van der Waals surface area (Å²) in [5, 5.41) is 0. The number of rotatable bonds is 3. The van der Waals surface area contributed by atoms with Gasteiger partial charge >= 0.3 is 5.97 Å². The van der Waals surface area contributed by atoms with Gasteiger partial charge in [0.25, 0.3) is 0 Å². The van der Waals surface area contributed by atoms with Gasteiger partial charge in [-0.05, 0) is 49.6 Å². The molecule has 0 saturated carbocycles. The standard InChI is InChI=1S/C17H18FNO2/c1-10-4-5-11(2)13(6-10)9-21-17(20)15-8-14(19)7-12(3)16(15)18/h4-8H,9,19H2,1-3H3. The van der Waals surface area contributed by atoms with E-state index in [1.54, 1.807) is 6.92 Å². The number of carbonyl (C=O) groups excluding carboxylic acids is 1. The molecule has 0 saturated heterocycles. The minimum absolute atomic E-state index is 0.111. The molecule has 0 aromatic heterocycles. The number of esters is 1. The largest absolute Gasteiger partial charge is 0.457 e. The number of hydrogen-bond acceptors (Lipinski definition) is 3. The Morgan fingerprint density at radius 1 is 1.14 bits per heavy atom. The van der Waals surface area contributed by atoms with Gasteiger partial charge in [-0.2, -0.15) is 0 Å². The molecule has 0 fully saturated rings. The van der Waals surface area contributed by atoms with Crippen molar-refractivity contribution in [2.75, 3.05) is 5.73 Å². The first-order chi connectivity index (χ1) is 9.88. The average molecular weight is 287 g/mol. The quantitative estimate of drug-likeness (QED) is 0.692. The van der Waals surface area contributed by atoms with Crippen LogP contribution >= 0.6 is 0 Å². The summed E-state index contributed by atoms with van der Waals surface area (Å²) in [6, 6.07) is 8.68. The molecule has 21 heavy (non-hydrogen) atoms. The van der Waals surface area contributed by atoms with Gasteiger partial charge < -0.3 is 10.5 Å². The zero-order valence-electron chi connectivity index (χ0n) is 12.4. The second-order valence-electron chi connectivity index (χ2n) is 5.21. The molecule has 0 aliphatic carbocycles. The van der Waals surface area contributed by atoms with Crippen LogP contribution in [0.2, 0.25) is 0 Å². The highest BCUT2D eigenvalue weighted by Crippen LogP contribution is 2.19. The molecule has 2 N–H and O–H groups in total. The highest BCUT2D eigenvalue weighted by molar-refractivity contribution is 5.91. The molecule has 0 unspecified atom stereocenters. The monoisotopic (exact) mass is 287 g/mol. The molecule has 0 aliphatic heterocycles. The Balaban J connectivity index is 2.17. The van der Waals surface area contributed by atoms with Gasteiger partial charge in [0, 0.05) is 5.69 Å². The summed E-state index contributed by atoms with van der Waals surface area (Å²) in [4.78, 5) is 12.0. The van der Waals surface area contributed by atoms with Gasteiger partial charge in [-0.25, -0.2) is 9.18 Å². The minimum Gasteiger partial charge on any atom is -0.457 e. The van der Waals surface area contributed by atoms with Gasteiger partial charge in [0.1, 0.15) is 12.4 Å². The van der Waals surface area contributed by atoms with E-state index >= 15 is 0 Å². The summed E-state index contributed by atoms with van der Waals surface area (Å²) in [5.74, 6) is -1.29. The van der Waals surface area contributed by atoms with E-state index < -0.39 is 11.8 Å². The molecule has 2 aromatic carbocycles. The second-order valence-corrected chi connectivity index (χ2v) is 5.21. The third kappa shape index (κ3) is 3.40. The summed E-state index contributed by atoms with van der Waals surface area (Å²) in [6.45, 7) is 5.58. The van der Waals surface area contributed by atoms with Crippen molar-refractivity contribution in [2.24, 2.45) is 0 Å². The topological polar surface area (TPSA) is 52.3 Å². The normalized spacial score (nSPS) is 10.5. The number of aryl methyl sites for hydroxylation is 3. The zero-order chi connectivity index (χ0) is 15.6. The molecule has 0 bridgehead atoms. The molecule has 0 aliphatic rings. The van der Waals surface area contributed by atoms with Crippen molar-refractivity contribution >= 4 is 11.7 Å². The summed E-state index contributed by atoms with van der Waals surface area (Å²) in [6.07, 6.45) is 0. The average Bonchev–Trinajstić information content (AvgIpc) is 2.43. The highest BCUT2D eigenvalue weighted by Gasteiger charge is 2.16. The first-order valence-electron chi connectivity index (χ1n) is 6.67. The van der Waals surface area contributed by atoms with Crippen molar-refractivity contribution in [3.05, 3.63) is 64.0 Å². The number of benzene rings is 2. The van der Waals surface area contributed by atoms with Crippen LogP contribution in [-0.2, 0) is 11.3 Å². The van der Waals surface area contributed by atoms with Crippen molar-refractivity contribution in [3.63, 3.8) is 0 Å². The van der Waals surface area contributed by atoms with E-state index in [0.29, 0.717) is 11.3 Å². The maximum Gasteiger partial charge on any atom is 0.341 e. The molecular weight excluding hydrogens is 269 g/mol. The fourth-order valence-corrected chi connectivity index (χ4v) is 2.12. The maximum absolute atomic E-state index is 13.9. The van der Waals surface area contributed by atoms with Gasteiger partial charge in [0.15, 0.2) is 0 Å². The molecule has 0 atom stereocenters. The third-order valence-corrected chi connectivity index (χ3v) is 3.36. The van der Waals surface area contributed by atoms with E-state index in [2.05, 4.69) is 0 Å². The predicted molar refractivity (Wildman–Crippen MR) is 80.6 cm³/mol. The zero-order valence-corrected chi connectivity index (χ0v) is 12.4. The fourth-order valence-electron chi connectivity index (χ4n) is 2.12. The van der Waals surface area contributed by atoms with Crippen LogP contribution in [0.1, 0.15) is 32.6 Å². The lowest BCUT2D eigenvalue weighted by atomic mass is 10.1. The molecule has 110 valence electrons. The van der Waals surface area contributed by atoms with Crippen molar-refractivity contribution in [2.45, 2.75) is 27.4 Å². The van der Waals surface area contributed by atoms with Gasteiger partial charge in [-0.3, -0.25) is 0 Å². The molecule has 4 heteroatoms. The minimum atomic E-state index is -0.705. The number of nitrogens with two attached hydrogens (primary N) is 1. The van der Waals surface area contributed by atoms with Crippen LogP contribution < -0.4 is 5.73 Å². The van der Waals surface area contributed by atoms with Crippen LogP contribution in [0, 0.1) is 26.6 Å². The number of anilines is 1. The van der Waals surface area contributed by atoms with Gasteiger partial charge in [-0.15, -0.1) is 0 Å². The van der Waals surface area contributed by atoms with Crippen molar-refractivity contribution < 1.29 is 13.9 Å². The SMILES string of the molecule is Cc1ccc(C)c(COC(=O)c2cc(N)cc(C)c2F)c1. The molecule has 2 rings (SSSR count). The van der Waals surface area contributed by atoms with Gasteiger partial charge in [0.05, 0.1) is 5.56 Å². The molecular formula is C17H18FNO2. The maximum atomic E-state index is 13.9. The first-order valence-corrected chi connectivity index (χ1v) is 6.67. The van der Waals surface area contributed by atoms with E-state index in [0.717, 1.165) is 16.7 Å². The summed E-state index contributed by atoms with van der Waals surface area (Å²) >= 11 is 0. The number of nitrogen functional groups attached to an aromatic ring is 1. The van der Waals surface area contributed by atoms with Crippen LogP contribution in [0.3, 0.4) is 0 Å². The second kappa shape index (κ2) is 5.95.